The molecular weight excluding hydrogens is 322 g/mol. The lowest BCUT2D eigenvalue weighted by atomic mass is 10.2. The van der Waals surface area contributed by atoms with Crippen LogP contribution in [0.2, 0.25) is 5.02 Å². The fourth-order valence-corrected chi connectivity index (χ4v) is 3.96. The average Bonchev–Trinajstić information content (AvgIpc) is 2.49. The van der Waals surface area contributed by atoms with Crippen LogP contribution in [0.5, 0.6) is 5.75 Å². The van der Waals surface area contributed by atoms with Gasteiger partial charge in [0.1, 0.15) is 5.75 Å². The lowest BCUT2D eigenvalue weighted by Crippen LogP contribution is -2.30. The Morgan fingerprint density at radius 1 is 1.14 bits per heavy atom. The third-order valence-electron chi connectivity index (χ3n) is 3.32. The van der Waals surface area contributed by atoms with Gasteiger partial charge in [0.05, 0.1) is 22.7 Å². The molecule has 0 aliphatic heterocycles. The summed E-state index contributed by atoms with van der Waals surface area (Å²) >= 11 is 6.04. The van der Waals surface area contributed by atoms with Gasteiger partial charge in [0.2, 0.25) is 0 Å². The van der Waals surface area contributed by atoms with Gasteiger partial charge in [0.15, 0.2) is 0 Å². The van der Waals surface area contributed by atoms with Gasteiger partial charge >= 0.3 is 0 Å². The quantitative estimate of drug-likeness (QED) is 0.830. The molecule has 22 heavy (non-hydrogen) atoms. The maximum Gasteiger partial charge on any atom is 0.264 e. The van der Waals surface area contributed by atoms with Gasteiger partial charge in [-0.05, 0) is 44.2 Å². The Bertz CT molecular complexity index is 757. The second kappa shape index (κ2) is 6.58. The molecule has 0 aromatic heterocycles. The Balaban J connectivity index is 2.47. The number of ether oxygens (including phenoxy) is 1. The predicted octanol–water partition coefficient (Wildman–Crippen LogP) is 3.87. The number of benzene rings is 2. The number of sulfonamides is 1. The highest BCUT2D eigenvalue weighted by molar-refractivity contribution is 7.92. The molecule has 0 radical (unpaired) electrons. The normalized spacial score (nSPS) is 11.3. The molecule has 0 bridgehead atoms. The molecule has 0 aliphatic rings. The molecule has 2 aromatic carbocycles. The Kier molecular flexibility index (Phi) is 4.98. The third kappa shape index (κ3) is 3.20. The first-order valence-corrected chi connectivity index (χ1v) is 8.65. The van der Waals surface area contributed by atoms with Crippen molar-refractivity contribution in [3.8, 4) is 5.75 Å². The molecule has 2 rings (SSSR count). The van der Waals surface area contributed by atoms with Crippen LogP contribution in [0.15, 0.2) is 47.4 Å². The number of halogens is 1. The van der Waals surface area contributed by atoms with E-state index in [9.17, 15) is 8.42 Å². The van der Waals surface area contributed by atoms with Crippen LogP contribution >= 0.6 is 11.6 Å². The van der Waals surface area contributed by atoms with Crippen molar-refractivity contribution in [3.05, 3.63) is 53.1 Å². The smallest absolute Gasteiger partial charge is 0.264 e. The van der Waals surface area contributed by atoms with Crippen LogP contribution < -0.4 is 9.04 Å². The Morgan fingerprint density at radius 3 is 2.27 bits per heavy atom. The number of rotatable bonds is 5. The summed E-state index contributed by atoms with van der Waals surface area (Å²) in [4.78, 5) is 0.140. The summed E-state index contributed by atoms with van der Waals surface area (Å²) < 4.78 is 32.1. The van der Waals surface area contributed by atoms with E-state index >= 15 is 0 Å². The SMILES string of the molecule is CCN(c1ccc(C)cc1)S(=O)(=O)c1ccc(OC)c(Cl)c1. The van der Waals surface area contributed by atoms with Crippen LogP contribution in [0, 0.1) is 6.92 Å². The van der Waals surface area contributed by atoms with Crippen molar-refractivity contribution in [2.24, 2.45) is 0 Å². The van der Waals surface area contributed by atoms with E-state index in [1.807, 2.05) is 19.1 Å². The molecule has 0 spiro atoms. The van der Waals surface area contributed by atoms with Gasteiger partial charge in [-0.15, -0.1) is 0 Å². The van der Waals surface area contributed by atoms with Gasteiger partial charge in [-0.2, -0.15) is 0 Å². The first-order chi connectivity index (χ1) is 10.4. The van der Waals surface area contributed by atoms with Crippen molar-refractivity contribution in [2.75, 3.05) is 18.0 Å². The summed E-state index contributed by atoms with van der Waals surface area (Å²) in [5.74, 6) is 0.444. The summed E-state index contributed by atoms with van der Waals surface area (Å²) in [7, 11) is -2.19. The fourth-order valence-electron chi connectivity index (χ4n) is 2.14. The van der Waals surface area contributed by atoms with Crippen LogP contribution in [-0.4, -0.2) is 22.1 Å². The number of methoxy groups -OCH3 is 1. The van der Waals surface area contributed by atoms with Crippen LogP contribution in [0.1, 0.15) is 12.5 Å². The molecule has 0 saturated carbocycles. The molecule has 0 N–H and O–H groups in total. The molecule has 0 atom stereocenters. The number of hydrogen-bond donors (Lipinski definition) is 0. The first kappa shape index (κ1) is 16.6. The van der Waals surface area contributed by atoms with Crippen molar-refractivity contribution >= 4 is 27.3 Å². The summed E-state index contributed by atoms with van der Waals surface area (Å²) in [5.41, 5.74) is 1.70. The van der Waals surface area contributed by atoms with Crippen molar-refractivity contribution < 1.29 is 13.2 Å². The lowest BCUT2D eigenvalue weighted by molar-refractivity contribution is 0.414. The molecule has 6 heteroatoms. The fraction of sp³-hybridized carbons (Fsp3) is 0.250. The minimum Gasteiger partial charge on any atom is -0.495 e. The Hall–Kier alpha value is -1.72. The average molecular weight is 340 g/mol. The summed E-state index contributed by atoms with van der Waals surface area (Å²) in [6, 6.07) is 11.8. The van der Waals surface area contributed by atoms with Gasteiger partial charge in [-0.3, -0.25) is 4.31 Å². The molecule has 0 unspecified atom stereocenters. The molecule has 0 saturated heterocycles. The maximum atomic E-state index is 12.8. The van der Waals surface area contributed by atoms with Gasteiger partial charge in [0.25, 0.3) is 10.0 Å². The minimum atomic E-state index is -3.67. The van der Waals surface area contributed by atoms with Crippen molar-refractivity contribution in [1.29, 1.82) is 0 Å². The Labute approximate surface area is 136 Å². The standard InChI is InChI=1S/C16H18ClNO3S/c1-4-18(13-7-5-12(2)6-8-13)22(19,20)14-9-10-16(21-3)15(17)11-14/h5-11H,4H2,1-3H3. The van der Waals surface area contributed by atoms with E-state index in [0.29, 0.717) is 18.0 Å². The van der Waals surface area contributed by atoms with E-state index in [0.717, 1.165) is 5.56 Å². The second-order valence-corrected chi connectivity index (χ2v) is 7.07. The minimum absolute atomic E-state index is 0.140. The molecule has 2 aromatic rings. The molecule has 0 heterocycles. The highest BCUT2D eigenvalue weighted by atomic mass is 35.5. The number of nitrogens with zero attached hydrogens (tertiary/aromatic N) is 1. The molecule has 0 aliphatic carbocycles. The highest BCUT2D eigenvalue weighted by Crippen LogP contribution is 2.30. The number of anilines is 1. The van der Waals surface area contributed by atoms with Gasteiger partial charge in [-0.1, -0.05) is 29.3 Å². The zero-order valence-corrected chi connectivity index (χ0v) is 14.3. The van der Waals surface area contributed by atoms with E-state index in [4.69, 9.17) is 16.3 Å². The van der Waals surface area contributed by atoms with Crippen molar-refractivity contribution in [2.45, 2.75) is 18.7 Å². The first-order valence-electron chi connectivity index (χ1n) is 6.83. The molecule has 118 valence electrons. The zero-order valence-electron chi connectivity index (χ0n) is 12.7. The number of aryl methyl sites for hydroxylation is 1. The summed E-state index contributed by atoms with van der Waals surface area (Å²) in [6.45, 7) is 4.08. The van der Waals surface area contributed by atoms with E-state index in [2.05, 4.69) is 0 Å². The predicted molar refractivity (Wildman–Crippen MR) is 89.4 cm³/mol. The summed E-state index contributed by atoms with van der Waals surface area (Å²) in [6.07, 6.45) is 0. The van der Waals surface area contributed by atoms with E-state index in [1.165, 1.54) is 23.5 Å². The third-order valence-corrected chi connectivity index (χ3v) is 5.51. The van der Waals surface area contributed by atoms with Gasteiger partial charge < -0.3 is 4.74 Å². The van der Waals surface area contributed by atoms with Crippen molar-refractivity contribution in [3.63, 3.8) is 0 Å². The lowest BCUT2D eigenvalue weighted by Gasteiger charge is -2.23. The Morgan fingerprint density at radius 2 is 1.77 bits per heavy atom. The van der Waals surface area contributed by atoms with E-state index in [1.54, 1.807) is 25.1 Å². The zero-order chi connectivity index (χ0) is 16.3. The molecular formula is C16H18ClNO3S. The largest absolute Gasteiger partial charge is 0.495 e. The van der Waals surface area contributed by atoms with Gasteiger partial charge in [0, 0.05) is 6.54 Å². The van der Waals surface area contributed by atoms with E-state index < -0.39 is 10.0 Å². The van der Waals surface area contributed by atoms with Crippen LogP contribution in [0.4, 0.5) is 5.69 Å². The van der Waals surface area contributed by atoms with Gasteiger partial charge in [-0.25, -0.2) is 8.42 Å². The van der Waals surface area contributed by atoms with Crippen LogP contribution in [0.25, 0.3) is 0 Å². The molecule has 0 fully saturated rings. The maximum absolute atomic E-state index is 12.8. The van der Waals surface area contributed by atoms with Crippen LogP contribution in [0.3, 0.4) is 0 Å². The topological polar surface area (TPSA) is 46.6 Å². The number of hydrogen-bond acceptors (Lipinski definition) is 3. The second-order valence-electron chi connectivity index (χ2n) is 4.80. The molecule has 0 amide bonds. The monoisotopic (exact) mass is 339 g/mol. The van der Waals surface area contributed by atoms with Crippen molar-refractivity contribution in [1.82, 2.24) is 0 Å². The highest BCUT2D eigenvalue weighted by Gasteiger charge is 2.24. The van der Waals surface area contributed by atoms with Crippen LogP contribution in [-0.2, 0) is 10.0 Å². The summed E-state index contributed by atoms with van der Waals surface area (Å²) in [5, 5.41) is 0.267. The van der Waals surface area contributed by atoms with E-state index in [-0.39, 0.29) is 9.92 Å². The molecule has 4 nitrogen and oxygen atoms in total.